The number of nitrogens with zero attached hydrogens (tertiary/aromatic N) is 2. The number of aliphatic imine (C=N–C) groups is 1. The molecule has 2 aromatic rings. The van der Waals surface area contributed by atoms with E-state index in [0.717, 1.165) is 21.4 Å². The lowest BCUT2D eigenvalue weighted by Gasteiger charge is -2.03. The molecule has 1 heterocycles. The molecule has 0 atom stereocenters. The molecule has 0 aliphatic rings. The first-order valence-electron chi connectivity index (χ1n) is 5.20. The summed E-state index contributed by atoms with van der Waals surface area (Å²) in [7, 11) is 0. The summed E-state index contributed by atoms with van der Waals surface area (Å²) in [5.74, 6) is 0.794. The van der Waals surface area contributed by atoms with Gasteiger partial charge in [0.1, 0.15) is 0 Å². The van der Waals surface area contributed by atoms with Crippen molar-refractivity contribution in [3.63, 3.8) is 0 Å². The number of aromatic nitrogens is 1. The summed E-state index contributed by atoms with van der Waals surface area (Å²) in [4.78, 5) is 8.13. The lowest BCUT2D eigenvalue weighted by molar-refractivity contribution is 1.13. The largest absolute Gasteiger partial charge is 0.248 e. The highest BCUT2D eigenvalue weighted by atomic mass is 35.5. The van der Waals surface area contributed by atoms with E-state index in [9.17, 15) is 0 Å². The second kappa shape index (κ2) is 6.66. The van der Waals surface area contributed by atoms with Crippen LogP contribution in [0.3, 0.4) is 0 Å². The fourth-order valence-corrected chi connectivity index (χ4v) is 2.58. The zero-order valence-corrected chi connectivity index (χ0v) is 11.7. The van der Waals surface area contributed by atoms with Crippen LogP contribution in [0.25, 0.3) is 0 Å². The molecule has 2 nitrogen and oxygen atoms in total. The van der Waals surface area contributed by atoms with Crippen LogP contribution >= 0.6 is 35.6 Å². The smallest absolute Gasteiger partial charge is 0.0964 e. The Kier molecular flexibility index (Phi) is 4.90. The molecule has 0 saturated heterocycles. The van der Waals surface area contributed by atoms with Crippen LogP contribution in [0.15, 0.2) is 52.6 Å². The normalized spacial score (nSPS) is 9.83. The summed E-state index contributed by atoms with van der Waals surface area (Å²) in [6.45, 7) is 0. The zero-order chi connectivity index (χ0) is 12.8. The van der Waals surface area contributed by atoms with E-state index in [0.29, 0.717) is 5.69 Å². The van der Waals surface area contributed by atoms with Crippen LogP contribution < -0.4 is 0 Å². The molecule has 0 unspecified atom stereocenters. The van der Waals surface area contributed by atoms with Gasteiger partial charge >= 0.3 is 0 Å². The van der Waals surface area contributed by atoms with Gasteiger partial charge in [0, 0.05) is 10.8 Å². The molecule has 90 valence electrons. The summed E-state index contributed by atoms with van der Waals surface area (Å²) >= 11 is 12.3. The molecule has 0 spiro atoms. The molecule has 1 aromatic carbocycles. The molecule has 0 N–H and O–H groups in total. The second-order valence-corrected chi connectivity index (χ2v) is 5.02. The number of pyridine rings is 1. The first-order chi connectivity index (χ1) is 8.79. The van der Waals surface area contributed by atoms with Crippen molar-refractivity contribution in [3.05, 3.63) is 53.2 Å². The van der Waals surface area contributed by atoms with Crippen LogP contribution in [0.1, 0.15) is 5.56 Å². The predicted octanol–water partition coefficient (Wildman–Crippen LogP) is 4.76. The SMILES string of the molecule is S=C=Nc1ccc(SCc2ccccc2Cl)nc1. The quantitative estimate of drug-likeness (QED) is 0.461. The predicted molar refractivity (Wildman–Crippen MR) is 79.9 cm³/mol. The molecule has 0 fully saturated rings. The number of rotatable bonds is 4. The molecule has 0 amide bonds. The lowest BCUT2D eigenvalue weighted by atomic mass is 10.2. The number of benzene rings is 1. The molecule has 18 heavy (non-hydrogen) atoms. The maximum absolute atomic E-state index is 6.09. The fourth-order valence-electron chi connectivity index (χ4n) is 1.34. The Morgan fingerprint density at radius 3 is 2.78 bits per heavy atom. The van der Waals surface area contributed by atoms with Crippen molar-refractivity contribution in [1.29, 1.82) is 0 Å². The number of halogens is 1. The van der Waals surface area contributed by atoms with Crippen molar-refractivity contribution in [2.75, 3.05) is 0 Å². The van der Waals surface area contributed by atoms with E-state index in [2.05, 4.69) is 27.4 Å². The van der Waals surface area contributed by atoms with Gasteiger partial charge in [-0.1, -0.05) is 29.8 Å². The molecule has 0 radical (unpaired) electrons. The van der Waals surface area contributed by atoms with E-state index < -0.39 is 0 Å². The lowest BCUT2D eigenvalue weighted by Crippen LogP contribution is -1.83. The van der Waals surface area contributed by atoms with E-state index in [1.807, 2.05) is 36.4 Å². The second-order valence-electron chi connectivity index (χ2n) is 3.44. The molecule has 0 aliphatic heterocycles. The van der Waals surface area contributed by atoms with Crippen molar-refractivity contribution >= 4 is 46.4 Å². The van der Waals surface area contributed by atoms with Gasteiger partial charge in [0.25, 0.3) is 0 Å². The number of isothiocyanates is 1. The van der Waals surface area contributed by atoms with Gasteiger partial charge in [-0.2, -0.15) is 4.99 Å². The van der Waals surface area contributed by atoms with Gasteiger partial charge in [-0.15, -0.1) is 11.8 Å². The Morgan fingerprint density at radius 1 is 1.28 bits per heavy atom. The average molecular weight is 293 g/mol. The minimum absolute atomic E-state index is 0.715. The standard InChI is InChI=1S/C13H9ClN2S2/c14-12-4-2-1-3-10(12)8-18-13-6-5-11(7-15-13)16-9-17/h1-7H,8H2. The van der Waals surface area contributed by atoms with Crippen LogP contribution in [0.2, 0.25) is 5.02 Å². The van der Waals surface area contributed by atoms with E-state index in [-0.39, 0.29) is 0 Å². The Balaban J connectivity index is 2.02. The summed E-state index contributed by atoms with van der Waals surface area (Å²) < 4.78 is 0. The third-order valence-corrected chi connectivity index (χ3v) is 3.68. The molecule has 5 heteroatoms. The van der Waals surface area contributed by atoms with Gasteiger partial charge in [0.15, 0.2) is 0 Å². The van der Waals surface area contributed by atoms with Crippen molar-refractivity contribution in [3.8, 4) is 0 Å². The van der Waals surface area contributed by atoms with Gasteiger partial charge in [0.2, 0.25) is 0 Å². The van der Waals surface area contributed by atoms with Crippen LogP contribution in [-0.4, -0.2) is 10.1 Å². The van der Waals surface area contributed by atoms with Gasteiger partial charge in [0.05, 0.1) is 22.1 Å². The van der Waals surface area contributed by atoms with E-state index in [4.69, 9.17) is 11.6 Å². The van der Waals surface area contributed by atoms with Crippen LogP contribution in [0.4, 0.5) is 5.69 Å². The van der Waals surface area contributed by atoms with Gasteiger partial charge in [-0.25, -0.2) is 4.98 Å². The van der Waals surface area contributed by atoms with E-state index >= 15 is 0 Å². The van der Waals surface area contributed by atoms with E-state index in [1.54, 1.807) is 18.0 Å². The van der Waals surface area contributed by atoms with Crippen LogP contribution in [0.5, 0.6) is 0 Å². The van der Waals surface area contributed by atoms with Crippen molar-refractivity contribution in [2.24, 2.45) is 4.99 Å². The van der Waals surface area contributed by atoms with Crippen LogP contribution in [-0.2, 0) is 5.75 Å². The first-order valence-corrected chi connectivity index (χ1v) is 6.97. The molecular weight excluding hydrogens is 284 g/mol. The molecule has 2 rings (SSSR count). The molecule has 0 aliphatic carbocycles. The Morgan fingerprint density at radius 2 is 2.11 bits per heavy atom. The van der Waals surface area contributed by atoms with Crippen molar-refractivity contribution in [2.45, 2.75) is 10.8 Å². The monoisotopic (exact) mass is 292 g/mol. The van der Waals surface area contributed by atoms with Crippen molar-refractivity contribution in [1.82, 2.24) is 4.98 Å². The van der Waals surface area contributed by atoms with E-state index in [1.165, 1.54) is 0 Å². The maximum atomic E-state index is 6.09. The maximum Gasteiger partial charge on any atom is 0.0964 e. The first kappa shape index (κ1) is 13.2. The fraction of sp³-hybridized carbons (Fsp3) is 0.0769. The minimum atomic E-state index is 0.715. The number of hydrogen-bond donors (Lipinski definition) is 0. The Labute approximate surface area is 120 Å². The third-order valence-electron chi connectivity index (χ3n) is 2.23. The zero-order valence-electron chi connectivity index (χ0n) is 9.34. The van der Waals surface area contributed by atoms with Crippen LogP contribution in [0, 0.1) is 0 Å². The molecule has 0 bridgehead atoms. The topological polar surface area (TPSA) is 25.2 Å². The highest BCUT2D eigenvalue weighted by Gasteiger charge is 2.01. The van der Waals surface area contributed by atoms with Gasteiger partial charge in [-0.3, -0.25) is 0 Å². The average Bonchev–Trinajstić information content (AvgIpc) is 2.40. The number of hydrogen-bond acceptors (Lipinski definition) is 4. The molecule has 0 saturated carbocycles. The van der Waals surface area contributed by atoms with Gasteiger partial charge < -0.3 is 0 Å². The molecular formula is C13H9ClN2S2. The van der Waals surface area contributed by atoms with Gasteiger partial charge in [-0.05, 0) is 36.0 Å². The number of thioether (sulfide) groups is 1. The highest BCUT2D eigenvalue weighted by Crippen LogP contribution is 2.26. The Hall–Kier alpha value is -1.19. The Bertz CT molecular complexity index is 578. The summed E-state index contributed by atoms with van der Waals surface area (Å²) in [6, 6.07) is 11.6. The summed E-state index contributed by atoms with van der Waals surface area (Å²) in [5, 5.41) is 4.03. The van der Waals surface area contributed by atoms with Crippen molar-refractivity contribution < 1.29 is 0 Å². The minimum Gasteiger partial charge on any atom is -0.248 e. The highest BCUT2D eigenvalue weighted by molar-refractivity contribution is 7.98. The molecule has 1 aromatic heterocycles. The summed E-state index contributed by atoms with van der Waals surface area (Å²) in [5.41, 5.74) is 1.82. The summed E-state index contributed by atoms with van der Waals surface area (Å²) in [6.07, 6.45) is 1.67. The third kappa shape index (κ3) is 3.65. The number of thiocarbonyl (C=S) groups is 1.